The van der Waals surface area contributed by atoms with Crippen molar-refractivity contribution in [2.75, 3.05) is 0 Å². The van der Waals surface area contributed by atoms with E-state index < -0.39 is 0 Å². The molecule has 0 amide bonds. The molecule has 0 saturated heterocycles. The number of esters is 2. The zero-order valence-corrected chi connectivity index (χ0v) is 20.5. The molecule has 0 aliphatic rings. The third kappa shape index (κ3) is 20.2. The van der Waals surface area contributed by atoms with Crippen LogP contribution in [0.25, 0.3) is 0 Å². The molecule has 0 bridgehead atoms. The molecule has 4 nitrogen and oxygen atoms in total. The standard InChI is InChI=1S/C26H50O4/c1-5-7-9-11-13-15-17-19-25(27)29-23(3)21-22-24(4)30-26(28)20-18-16-14-12-10-8-6-2/h23-24H,5-22H2,1-4H3. The third-order valence-corrected chi connectivity index (χ3v) is 5.61. The van der Waals surface area contributed by atoms with Crippen LogP contribution in [0.2, 0.25) is 0 Å². The molecule has 0 fully saturated rings. The van der Waals surface area contributed by atoms with Gasteiger partial charge in [0.15, 0.2) is 0 Å². The molecule has 0 saturated carbocycles. The number of ether oxygens (including phenoxy) is 2. The van der Waals surface area contributed by atoms with Crippen LogP contribution >= 0.6 is 0 Å². The fourth-order valence-corrected chi connectivity index (χ4v) is 3.61. The van der Waals surface area contributed by atoms with Crippen LogP contribution in [0.4, 0.5) is 0 Å². The Morgan fingerprint density at radius 3 is 1.17 bits per heavy atom. The molecule has 0 rings (SSSR count). The summed E-state index contributed by atoms with van der Waals surface area (Å²) in [5, 5.41) is 0. The van der Waals surface area contributed by atoms with E-state index in [2.05, 4.69) is 13.8 Å². The van der Waals surface area contributed by atoms with Gasteiger partial charge >= 0.3 is 11.9 Å². The Kier molecular flexibility index (Phi) is 20.4. The zero-order valence-electron chi connectivity index (χ0n) is 20.5. The van der Waals surface area contributed by atoms with Crippen molar-refractivity contribution in [1.29, 1.82) is 0 Å². The Hall–Kier alpha value is -1.06. The molecule has 0 heterocycles. The molecule has 2 unspecified atom stereocenters. The fraction of sp³-hybridized carbons (Fsp3) is 0.923. The first-order valence-electron chi connectivity index (χ1n) is 12.9. The van der Waals surface area contributed by atoms with Crippen molar-refractivity contribution in [3.63, 3.8) is 0 Å². The molecule has 0 spiro atoms. The van der Waals surface area contributed by atoms with Gasteiger partial charge < -0.3 is 9.47 Å². The maximum atomic E-state index is 11.9. The number of rotatable bonds is 21. The van der Waals surface area contributed by atoms with Gasteiger partial charge in [-0.2, -0.15) is 0 Å². The van der Waals surface area contributed by atoms with Crippen LogP contribution in [0.3, 0.4) is 0 Å². The first-order valence-corrected chi connectivity index (χ1v) is 12.9. The van der Waals surface area contributed by atoms with Crippen molar-refractivity contribution < 1.29 is 19.1 Å². The van der Waals surface area contributed by atoms with Crippen LogP contribution < -0.4 is 0 Å². The minimum absolute atomic E-state index is 0.0976. The highest BCUT2D eigenvalue weighted by molar-refractivity contribution is 5.69. The van der Waals surface area contributed by atoms with E-state index in [0.29, 0.717) is 12.8 Å². The van der Waals surface area contributed by atoms with Crippen molar-refractivity contribution in [3.05, 3.63) is 0 Å². The van der Waals surface area contributed by atoms with Gasteiger partial charge in [0.25, 0.3) is 0 Å². The van der Waals surface area contributed by atoms with Gasteiger partial charge in [-0.05, 0) is 39.5 Å². The minimum Gasteiger partial charge on any atom is -0.463 e. The predicted octanol–water partition coefficient (Wildman–Crippen LogP) is 7.91. The summed E-state index contributed by atoms with van der Waals surface area (Å²) in [5.74, 6) is -0.195. The number of hydrogen-bond acceptors (Lipinski definition) is 4. The maximum absolute atomic E-state index is 11.9. The molecule has 0 aromatic carbocycles. The van der Waals surface area contributed by atoms with Crippen molar-refractivity contribution in [2.24, 2.45) is 0 Å². The van der Waals surface area contributed by atoms with Crippen LogP contribution in [0.15, 0.2) is 0 Å². The molecule has 30 heavy (non-hydrogen) atoms. The summed E-state index contributed by atoms with van der Waals surface area (Å²) < 4.78 is 11.0. The summed E-state index contributed by atoms with van der Waals surface area (Å²) in [6.07, 6.45) is 19.1. The van der Waals surface area contributed by atoms with Gasteiger partial charge in [-0.1, -0.05) is 90.9 Å². The Labute approximate surface area is 186 Å². The zero-order chi connectivity index (χ0) is 22.5. The van der Waals surface area contributed by atoms with Crippen LogP contribution in [-0.2, 0) is 19.1 Å². The van der Waals surface area contributed by atoms with Crippen LogP contribution in [0.1, 0.15) is 143 Å². The lowest BCUT2D eigenvalue weighted by Gasteiger charge is -2.17. The molecule has 0 aromatic heterocycles. The van der Waals surface area contributed by atoms with Crippen molar-refractivity contribution >= 4 is 11.9 Å². The van der Waals surface area contributed by atoms with E-state index in [4.69, 9.17) is 9.47 Å². The highest BCUT2D eigenvalue weighted by atomic mass is 16.5. The Morgan fingerprint density at radius 1 is 0.533 bits per heavy atom. The van der Waals surface area contributed by atoms with Crippen LogP contribution in [0.5, 0.6) is 0 Å². The number of unbranched alkanes of at least 4 members (excludes halogenated alkanes) is 12. The number of hydrogen-bond donors (Lipinski definition) is 0. The molecule has 0 aliphatic heterocycles. The van der Waals surface area contributed by atoms with Gasteiger partial charge in [0, 0.05) is 12.8 Å². The normalized spacial score (nSPS) is 13.1. The molecule has 0 aliphatic carbocycles. The predicted molar refractivity (Wildman–Crippen MR) is 126 cm³/mol. The molecule has 0 aromatic rings. The lowest BCUT2D eigenvalue weighted by molar-refractivity contribution is -0.152. The van der Waals surface area contributed by atoms with E-state index in [0.717, 1.165) is 38.5 Å². The van der Waals surface area contributed by atoms with E-state index in [1.807, 2.05) is 13.8 Å². The SMILES string of the molecule is CCCCCCCCCC(=O)OC(C)CCC(C)OC(=O)CCCCCCCCC. The summed E-state index contributed by atoms with van der Waals surface area (Å²) in [4.78, 5) is 23.9. The Morgan fingerprint density at radius 2 is 0.833 bits per heavy atom. The van der Waals surface area contributed by atoms with E-state index in [1.165, 1.54) is 64.2 Å². The van der Waals surface area contributed by atoms with E-state index in [1.54, 1.807) is 0 Å². The van der Waals surface area contributed by atoms with Gasteiger partial charge in [-0.15, -0.1) is 0 Å². The highest BCUT2D eigenvalue weighted by Crippen LogP contribution is 2.13. The smallest absolute Gasteiger partial charge is 0.306 e. The van der Waals surface area contributed by atoms with E-state index in [-0.39, 0.29) is 24.1 Å². The minimum atomic E-state index is -0.119. The van der Waals surface area contributed by atoms with Gasteiger partial charge in [0.05, 0.1) is 12.2 Å². The third-order valence-electron chi connectivity index (χ3n) is 5.61. The Bertz CT molecular complexity index is 370. The first kappa shape index (κ1) is 28.9. The lowest BCUT2D eigenvalue weighted by Crippen LogP contribution is -2.19. The molecule has 4 heteroatoms. The summed E-state index contributed by atoms with van der Waals surface area (Å²) in [7, 11) is 0. The first-order chi connectivity index (χ1) is 14.5. The summed E-state index contributed by atoms with van der Waals surface area (Å²) in [5.41, 5.74) is 0. The van der Waals surface area contributed by atoms with Gasteiger partial charge in [-0.25, -0.2) is 0 Å². The molecule has 0 radical (unpaired) electrons. The lowest BCUT2D eigenvalue weighted by atomic mass is 10.1. The fourth-order valence-electron chi connectivity index (χ4n) is 3.61. The Balaban J connectivity index is 3.63. The monoisotopic (exact) mass is 426 g/mol. The number of carbonyl (C=O) groups excluding carboxylic acids is 2. The second-order valence-electron chi connectivity index (χ2n) is 8.92. The molecular formula is C26H50O4. The molecule has 2 atom stereocenters. The average Bonchev–Trinajstić information content (AvgIpc) is 2.71. The molecule has 0 N–H and O–H groups in total. The van der Waals surface area contributed by atoms with Gasteiger partial charge in [0.1, 0.15) is 0 Å². The largest absolute Gasteiger partial charge is 0.463 e. The molecular weight excluding hydrogens is 376 g/mol. The topological polar surface area (TPSA) is 52.6 Å². The average molecular weight is 427 g/mol. The molecule has 178 valence electrons. The second-order valence-corrected chi connectivity index (χ2v) is 8.92. The summed E-state index contributed by atoms with van der Waals surface area (Å²) >= 11 is 0. The summed E-state index contributed by atoms with van der Waals surface area (Å²) in [6, 6.07) is 0. The summed E-state index contributed by atoms with van der Waals surface area (Å²) in [6.45, 7) is 8.30. The van der Waals surface area contributed by atoms with Crippen LogP contribution in [-0.4, -0.2) is 24.1 Å². The highest BCUT2D eigenvalue weighted by Gasteiger charge is 2.14. The van der Waals surface area contributed by atoms with Gasteiger partial charge in [0.2, 0.25) is 0 Å². The van der Waals surface area contributed by atoms with E-state index >= 15 is 0 Å². The van der Waals surface area contributed by atoms with E-state index in [9.17, 15) is 9.59 Å². The quantitative estimate of drug-likeness (QED) is 0.138. The van der Waals surface area contributed by atoms with Crippen molar-refractivity contribution in [3.8, 4) is 0 Å². The second kappa shape index (κ2) is 21.2. The van der Waals surface area contributed by atoms with Crippen LogP contribution in [0, 0.1) is 0 Å². The van der Waals surface area contributed by atoms with Crippen molar-refractivity contribution in [1.82, 2.24) is 0 Å². The van der Waals surface area contributed by atoms with Gasteiger partial charge in [-0.3, -0.25) is 9.59 Å². The van der Waals surface area contributed by atoms with Crippen molar-refractivity contribution in [2.45, 2.75) is 155 Å². The maximum Gasteiger partial charge on any atom is 0.306 e. The number of carbonyl (C=O) groups is 2.